The SMILES string of the molecule is CCc1ncc(CN2CCO[C@H](c3c(C(=O)NC(C)C)sc4ncccc34)C2)cn1. The van der Waals surface area contributed by atoms with Crippen LogP contribution in [0, 0.1) is 0 Å². The summed E-state index contributed by atoms with van der Waals surface area (Å²) in [6.45, 7) is 8.90. The van der Waals surface area contributed by atoms with Crippen molar-refractivity contribution in [3.8, 4) is 0 Å². The fourth-order valence-electron chi connectivity index (χ4n) is 3.69. The van der Waals surface area contributed by atoms with Gasteiger partial charge in [-0.3, -0.25) is 9.69 Å². The number of pyridine rings is 1. The van der Waals surface area contributed by atoms with Crippen LogP contribution in [0.3, 0.4) is 0 Å². The first-order chi connectivity index (χ1) is 14.5. The summed E-state index contributed by atoms with van der Waals surface area (Å²) in [6, 6.07) is 4.01. The van der Waals surface area contributed by atoms with E-state index in [1.807, 2.05) is 38.4 Å². The zero-order valence-electron chi connectivity index (χ0n) is 17.6. The minimum Gasteiger partial charge on any atom is -0.371 e. The second kappa shape index (κ2) is 9.16. The lowest BCUT2D eigenvalue weighted by Gasteiger charge is -2.33. The first-order valence-electron chi connectivity index (χ1n) is 10.4. The van der Waals surface area contributed by atoms with Crippen molar-refractivity contribution in [2.75, 3.05) is 19.7 Å². The smallest absolute Gasteiger partial charge is 0.262 e. The highest BCUT2D eigenvalue weighted by Gasteiger charge is 2.30. The van der Waals surface area contributed by atoms with Crippen LogP contribution in [0.2, 0.25) is 0 Å². The second-order valence-corrected chi connectivity index (χ2v) is 8.78. The van der Waals surface area contributed by atoms with Crippen molar-refractivity contribution in [2.24, 2.45) is 0 Å². The largest absolute Gasteiger partial charge is 0.371 e. The van der Waals surface area contributed by atoms with Crippen molar-refractivity contribution in [2.45, 2.75) is 45.9 Å². The Morgan fingerprint density at radius 3 is 2.87 bits per heavy atom. The number of hydrogen-bond donors (Lipinski definition) is 1. The Labute approximate surface area is 180 Å². The number of carbonyl (C=O) groups is 1. The van der Waals surface area contributed by atoms with Gasteiger partial charge in [0.05, 0.1) is 12.7 Å². The van der Waals surface area contributed by atoms with E-state index in [0.717, 1.165) is 46.7 Å². The number of rotatable bonds is 6. The van der Waals surface area contributed by atoms with Gasteiger partial charge in [-0.25, -0.2) is 15.0 Å². The molecule has 1 N–H and O–H groups in total. The van der Waals surface area contributed by atoms with Crippen molar-refractivity contribution in [1.82, 2.24) is 25.2 Å². The average molecular weight is 426 g/mol. The maximum Gasteiger partial charge on any atom is 0.262 e. The van der Waals surface area contributed by atoms with Crippen LogP contribution in [0.15, 0.2) is 30.7 Å². The van der Waals surface area contributed by atoms with E-state index in [1.54, 1.807) is 6.20 Å². The number of thiophene rings is 1. The normalized spacial score (nSPS) is 17.5. The molecule has 158 valence electrons. The molecule has 3 aromatic heterocycles. The lowest BCUT2D eigenvalue weighted by Crippen LogP contribution is -2.38. The zero-order valence-corrected chi connectivity index (χ0v) is 18.4. The van der Waals surface area contributed by atoms with Crippen LogP contribution < -0.4 is 5.32 Å². The first-order valence-corrected chi connectivity index (χ1v) is 11.2. The molecule has 1 amide bonds. The molecule has 0 aromatic carbocycles. The average Bonchev–Trinajstić information content (AvgIpc) is 3.14. The molecule has 1 aliphatic heterocycles. The molecule has 8 heteroatoms. The quantitative estimate of drug-likeness (QED) is 0.652. The van der Waals surface area contributed by atoms with Crippen LogP contribution in [0.4, 0.5) is 0 Å². The standard InChI is InChI=1S/C22H27N5O2S/c1-4-18-24-10-15(11-25-18)12-27-8-9-29-17(13-27)19-16-6-5-7-23-22(16)30-20(19)21(28)26-14(2)3/h5-7,10-11,14,17H,4,8-9,12-13H2,1-3H3,(H,26,28)/t17-/m0/s1. The lowest BCUT2D eigenvalue weighted by atomic mass is 10.0. The molecular weight excluding hydrogens is 398 g/mol. The van der Waals surface area contributed by atoms with Crippen molar-refractivity contribution in [1.29, 1.82) is 0 Å². The highest BCUT2D eigenvalue weighted by Crippen LogP contribution is 2.37. The van der Waals surface area contributed by atoms with Gasteiger partial charge in [-0.2, -0.15) is 0 Å². The fourth-order valence-corrected chi connectivity index (χ4v) is 4.79. The monoisotopic (exact) mass is 425 g/mol. The number of nitrogens with one attached hydrogen (secondary N) is 1. The van der Waals surface area contributed by atoms with Crippen molar-refractivity contribution in [3.63, 3.8) is 0 Å². The van der Waals surface area contributed by atoms with Gasteiger partial charge >= 0.3 is 0 Å². The van der Waals surface area contributed by atoms with Gasteiger partial charge in [0.15, 0.2) is 0 Å². The number of carbonyl (C=O) groups excluding carboxylic acids is 1. The molecule has 1 saturated heterocycles. The van der Waals surface area contributed by atoms with Gasteiger partial charge in [0.2, 0.25) is 0 Å². The van der Waals surface area contributed by atoms with Gasteiger partial charge in [-0.05, 0) is 19.9 Å². The van der Waals surface area contributed by atoms with Crippen molar-refractivity contribution >= 4 is 27.5 Å². The molecule has 1 aliphatic rings. The molecule has 4 rings (SSSR count). The molecule has 0 radical (unpaired) electrons. The third-order valence-corrected chi connectivity index (χ3v) is 6.21. The third-order valence-electron chi connectivity index (χ3n) is 5.08. The Bertz CT molecular complexity index is 1020. The zero-order chi connectivity index (χ0) is 21.1. The Balaban J connectivity index is 1.59. The van der Waals surface area contributed by atoms with Gasteiger partial charge in [-0.15, -0.1) is 11.3 Å². The summed E-state index contributed by atoms with van der Waals surface area (Å²) < 4.78 is 6.16. The van der Waals surface area contributed by atoms with E-state index in [0.29, 0.717) is 18.0 Å². The molecule has 0 unspecified atom stereocenters. The molecule has 0 spiro atoms. The van der Waals surface area contributed by atoms with E-state index in [1.165, 1.54) is 11.3 Å². The fraction of sp³-hybridized carbons (Fsp3) is 0.455. The number of amides is 1. The number of hydrogen-bond acceptors (Lipinski definition) is 7. The molecule has 7 nitrogen and oxygen atoms in total. The summed E-state index contributed by atoms with van der Waals surface area (Å²) in [5.41, 5.74) is 2.03. The van der Waals surface area contributed by atoms with E-state index in [-0.39, 0.29) is 18.1 Å². The Morgan fingerprint density at radius 1 is 1.33 bits per heavy atom. The summed E-state index contributed by atoms with van der Waals surface area (Å²) >= 11 is 1.44. The van der Waals surface area contributed by atoms with Crippen LogP contribution in [0.25, 0.3) is 10.2 Å². The molecule has 3 aromatic rings. The van der Waals surface area contributed by atoms with E-state index >= 15 is 0 Å². The summed E-state index contributed by atoms with van der Waals surface area (Å²) in [5.74, 6) is 0.795. The molecule has 1 atom stereocenters. The van der Waals surface area contributed by atoms with Crippen molar-refractivity contribution in [3.05, 3.63) is 52.6 Å². The second-order valence-electron chi connectivity index (χ2n) is 7.78. The van der Waals surface area contributed by atoms with E-state index in [9.17, 15) is 4.79 Å². The first kappa shape index (κ1) is 20.8. The topological polar surface area (TPSA) is 80.2 Å². The van der Waals surface area contributed by atoms with Crippen LogP contribution in [-0.4, -0.2) is 51.5 Å². The van der Waals surface area contributed by atoms with E-state index in [2.05, 4.69) is 32.1 Å². The van der Waals surface area contributed by atoms with Gasteiger partial charge < -0.3 is 10.1 Å². The maximum absolute atomic E-state index is 12.9. The number of aryl methyl sites for hydroxylation is 1. The Hall–Kier alpha value is -2.42. The number of aromatic nitrogens is 3. The number of fused-ring (bicyclic) bond motifs is 1. The van der Waals surface area contributed by atoms with E-state index in [4.69, 9.17) is 4.74 Å². The Kier molecular flexibility index (Phi) is 6.36. The number of nitrogens with zero attached hydrogens (tertiary/aromatic N) is 4. The van der Waals surface area contributed by atoms with E-state index < -0.39 is 0 Å². The highest BCUT2D eigenvalue weighted by atomic mass is 32.1. The van der Waals surface area contributed by atoms with Gasteiger partial charge in [0, 0.05) is 67.2 Å². The predicted molar refractivity (Wildman–Crippen MR) is 118 cm³/mol. The lowest BCUT2D eigenvalue weighted by molar-refractivity contribution is -0.0323. The molecule has 1 fully saturated rings. The van der Waals surface area contributed by atoms with Gasteiger partial charge in [-0.1, -0.05) is 13.0 Å². The maximum atomic E-state index is 12.9. The summed E-state index contributed by atoms with van der Waals surface area (Å²) in [4.78, 5) is 30.1. The predicted octanol–water partition coefficient (Wildman–Crippen LogP) is 3.36. The Morgan fingerprint density at radius 2 is 2.13 bits per heavy atom. The molecule has 4 heterocycles. The van der Waals surface area contributed by atoms with Crippen LogP contribution >= 0.6 is 11.3 Å². The minimum atomic E-state index is -0.180. The van der Waals surface area contributed by atoms with Crippen molar-refractivity contribution < 1.29 is 9.53 Å². The third kappa shape index (κ3) is 4.50. The molecule has 0 saturated carbocycles. The summed E-state index contributed by atoms with van der Waals surface area (Å²) in [7, 11) is 0. The minimum absolute atomic E-state index is 0.0627. The number of morpholine rings is 1. The molecule has 0 aliphatic carbocycles. The highest BCUT2D eigenvalue weighted by molar-refractivity contribution is 7.20. The van der Waals surface area contributed by atoms with Gasteiger partial charge in [0.1, 0.15) is 15.5 Å². The molecular formula is C22H27N5O2S. The van der Waals surface area contributed by atoms with Crippen LogP contribution in [0.1, 0.15) is 53.5 Å². The van der Waals surface area contributed by atoms with Crippen LogP contribution in [-0.2, 0) is 17.7 Å². The van der Waals surface area contributed by atoms with Gasteiger partial charge in [0.25, 0.3) is 5.91 Å². The molecule has 0 bridgehead atoms. The number of ether oxygens (including phenoxy) is 1. The summed E-state index contributed by atoms with van der Waals surface area (Å²) in [6.07, 6.45) is 6.23. The summed E-state index contributed by atoms with van der Waals surface area (Å²) in [5, 5.41) is 4.02. The molecule has 30 heavy (non-hydrogen) atoms. The van der Waals surface area contributed by atoms with Crippen LogP contribution in [0.5, 0.6) is 0 Å².